The molecule has 1 N–H and O–H groups in total. The molecule has 0 aliphatic rings. The SMILES string of the molecule is Cc1cc(CNCCc2ccccn2)ccc1Br. The zero-order valence-corrected chi connectivity index (χ0v) is 12.1. The average molecular weight is 305 g/mol. The number of nitrogens with one attached hydrogen (secondary N) is 1. The summed E-state index contributed by atoms with van der Waals surface area (Å²) < 4.78 is 1.17. The zero-order valence-electron chi connectivity index (χ0n) is 10.5. The van der Waals surface area contributed by atoms with Crippen LogP contribution in [0.3, 0.4) is 0 Å². The van der Waals surface area contributed by atoms with Crippen LogP contribution in [0.15, 0.2) is 47.1 Å². The van der Waals surface area contributed by atoms with Gasteiger partial charge in [-0.1, -0.05) is 34.1 Å². The van der Waals surface area contributed by atoms with Crippen LogP contribution in [0.5, 0.6) is 0 Å². The molecule has 2 nitrogen and oxygen atoms in total. The van der Waals surface area contributed by atoms with Crippen molar-refractivity contribution in [1.82, 2.24) is 10.3 Å². The Morgan fingerprint density at radius 1 is 1.22 bits per heavy atom. The molecule has 0 bridgehead atoms. The third kappa shape index (κ3) is 3.93. The second-order valence-corrected chi connectivity index (χ2v) is 5.19. The van der Waals surface area contributed by atoms with Gasteiger partial charge >= 0.3 is 0 Å². The first-order chi connectivity index (χ1) is 8.75. The van der Waals surface area contributed by atoms with Crippen LogP contribution < -0.4 is 5.32 Å². The van der Waals surface area contributed by atoms with Crippen molar-refractivity contribution in [3.63, 3.8) is 0 Å². The van der Waals surface area contributed by atoms with Crippen molar-refractivity contribution in [3.8, 4) is 0 Å². The van der Waals surface area contributed by atoms with Gasteiger partial charge in [0.25, 0.3) is 0 Å². The molecule has 0 unspecified atom stereocenters. The molecule has 0 atom stereocenters. The highest BCUT2D eigenvalue weighted by atomic mass is 79.9. The van der Waals surface area contributed by atoms with Crippen molar-refractivity contribution in [2.24, 2.45) is 0 Å². The molecule has 0 fully saturated rings. The summed E-state index contributed by atoms with van der Waals surface area (Å²) in [5.41, 5.74) is 3.73. The summed E-state index contributed by atoms with van der Waals surface area (Å²) in [6, 6.07) is 12.5. The molecule has 1 aromatic heterocycles. The van der Waals surface area contributed by atoms with Crippen molar-refractivity contribution in [1.29, 1.82) is 0 Å². The van der Waals surface area contributed by atoms with E-state index in [1.165, 1.54) is 15.6 Å². The zero-order chi connectivity index (χ0) is 12.8. The van der Waals surface area contributed by atoms with Crippen LogP contribution in [0.2, 0.25) is 0 Å². The van der Waals surface area contributed by atoms with Crippen LogP contribution in [-0.2, 0) is 13.0 Å². The van der Waals surface area contributed by atoms with Gasteiger partial charge in [-0.25, -0.2) is 0 Å². The topological polar surface area (TPSA) is 24.9 Å². The lowest BCUT2D eigenvalue weighted by Crippen LogP contribution is -2.17. The second-order valence-electron chi connectivity index (χ2n) is 4.33. The fraction of sp³-hybridized carbons (Fsp3) is 0.267. The summed E-state index contributed by atoms with van der Waals surface area (Å²) in [5, 5.41) is 3.44. The van der Waals surface area contributed by atoms with Crippen molar-refractivity contribution >= 4 is 15.9 Å². The molecule has 0 radical (unpaired) electrons. The Kier molecular flexibility index (Phi) is 4.90. The molecule has 0 aliphatic heterocycles. The minimum atomic E-state index is 0.904. The van der Waals surface area contributed by atoms with E-state index in [1.54, 1.807) is 0 Å². The van der Waals surface area contributed by atoms with Gasteiger partial charge < -0.3 is 5.32 Å². The number of hydrogen-bond acceptors (Lipinski definition) is 2. The van der Waals surface area contributed by atoms with Gasteiger partial charge in [0.15, 0.2) is 0 Å². The monoisotopic (exact) mass is 304 g/mol. The van der Waals surface area contributed by atoms with E-state index in [9.17, 15) is 0 Å². The van der Waals surface area contributed by atoms with Crippen LogP contribution in [0, 0.1) is 6.92 Å². The Morgan fingerprint density at radius 3 is 2.83 bits per heavy atom. The number of halogens is 1. The molecule has 3 heteroatoms. The Balaban J connectivity index is 1.77. The van der Waals surface area contributed by atoms with E-state index < -0.39 is 0 Å². The van der Waals surface area contributed by atoms with Crippen LogP contribution in [-0.4, -0.2) is 11.5 Å². The molecule has 0 saturated carbocycles. The molecule has 0 amide bonds. The molecule has 0 aliphatic carbocycles. The molecule has 1 heterocycles. The molecule has 2 rings (SSSR count). The van der Waals surface area contributed by atoms with Gasteiger partial charge in [-0.05, 0) is 36.2 Å². The number of rotatable bonds is 5. The van der Waals surface area contributed by atoms with Gasteiger partial charge in [-0.3, -0.25) is 4.98 Å². The highest BCUT2D eigenvalue weighted by Crippen LogP contribution is 2.16. The van der Waals surface area contributed by atoms with Crippen LogP contribution >= 0.6 is 15.9 Å². The molecule has 0 spiro atoms. The van der Waals surface area contributed by atoms with Crippen molar-refractivity contribution in [3.05, 3.63) is 63.9 Å². The van der Waals surface area contributed by atoms with E-state index in [1.807, 2.05) is 18.3 Å². The molecule has 1 aromatic carbocycles. The smallest absolute Gasteiger partial charge is 0.0416 e. The highest BCUT2D eigenvalue weighted by Gasteiger charge is 1.98. The normalized spacial score (nSPS) is 10.6. The van der Waals surface area contributed by atoms with E-state index >= 15 is 0 Å². The number of aromatic nitrogens is 1. The summed E-state index contributed by atoms with van der Waals surface area (Å²) in [6.07, 6.45) is 2.81. The molecular formula is C15H17BrN2. The van der Waals surface area contributed by atoms with Crippen molar-refractivity contribution in [2.45, 2.75) is 19.9 Å². The van der Waals surface area contributed by atoms with E-state index in [0.29, 0.717) is 0 Å². The highest BCUT2D eigenvalue weighted by molar-refractivity contribution is 9.10. The predicted octanol–water partition coefficient (Wildman–Crippen LogP) is 3.48. The van der Waals surface area contributed by atoms with E-state index in [4.69, 9.17) is 0 Å². The number of pyridine rings is 1. The molecule has 18 heavy (non-hydrogen) atoms. The Bertz CT molecular complexity index is 497. The maximum Gasteiger partial charge on any atom is 0.0416 e. The lowest BCUT2D eigenvalue weighted by atomic mass is 10.1. The summed E-state index contributed by atoms with van der Waals surface area (Å²) in [4.78, 5) is 4.30. The fourth-order valence-corrected chi connectivity index (χ4v) is 2.06. The first-order valence-corrected chi connectivity index (χ1v) is 6.90. The van der Waals surface area contributed by atoms with Crippen molar-refractivity contribution in [2.75, 3.05) is 6.54 Å². The largest absolute Gasteiger partial charge is 0.312 e. The minimum absolute atomic E-state index is 0.904. The van der Waals surface area contributed by atoms with Gasteiger partial charge in [0.05, 0.1) is 0 Å². The number of nitrogens with zero attached hydrogens (tertiary/aromatic N) is 1. The molecule has 94 valence electrons. The fourth-order valence-electron chi connectivity index (χ4n) is 1.81. The third-order valence-corrected chi connectivity index (χ3v) is 3.73. The third-order valence-electron chi connectivity index (χ3n) is 2.84. The summed E-state index contributed by atoms with van der Waals surface area (Å²) in [7, 11) is 0. The van der Waals surface area contributed by atoms with Crippen LogP contribution in [0.4, 0.5) is 0 Å². The van der Waals surface area contributed by atoms with Gasteiger partial charge in [0.2, 0.25) is 0 Å². The second kappa shape index (κ2) is 6.66. The van der Waals surface area contributed by atoms with Gasteiger partial charge in [-0.2, -0.15) is 0 Å². The quantitative estimate of drug-likeness (QED) is 0.855. The van der Waals surface area contributed by atoms with Gasteiger partial charge in [0, 0.05) is 35.9 Å². The van der Waals surface area contributed by atoms with E-state index in [2.05, 4.69) is 57.4 Å². The lowest BCUT2D eigenvalue weighted by molar-refractivity contribution is 0.679. The maximum absolute atomic E-state index is 4.30. The Labute approximate surface area is 117 Å². The number of benzene rings is 1. The summed E-state index contributed by atoms with van der Waals surface area (Å²) >= 11 is 3.51. The molecular weight excluding hydrogens is 288 g/mol. The standard InChI is InChI=1S/C15H17BrN2/c1-12-10-13(5-6-15(12)16)11-17-9-7-14-4-2-3-8-18-14/h2-6,8,10,17H,7,9,11H2,1H3. The Morgan fingerprint density at radius 2 is 2.11 bits per heavy atom. The van der Waals surface area contributed by atoms with Crippen LogP contribution in [0.25, 0.3) is 0 Å². The van der Waals surface area contributed by atoms with Crippen LogP contribution in [0.1, 0.15) is 16.8 Å². The van der Waals surface area contributed by atoms with Crippen molar-refractivity contribution < 1.29 is 0 Å². The Hall–Kier alpha value is -1.19. The lowest BCUT2D eigenvalue weighted by Gasteiger charge is -2.06. The summed E-state index contributed by atoms with van der Waals surface area (Å²) in [6.45, 7) is 3.97. The first kappa shape index (κ1) is 13.2. The maximum atomic E-state index is 4.30. The van der Waals surface area contributed by atoms with E-state index in [-0.39, 0.29) is 0 Å². The van der Waals surface area contributed by atoms with Gasteiger partial charge in [0.1, 0.15) is 0 Å². The first-order valence-electron chi connectivity index (χ1n) is 6.11. The molecule has 2 aromatic rings. The average Bonchev–Trinajstić information content (AvgIpc) is 2.40. The predicted molar refractivity (Wildman–Crippen MR) is 78.5 cm³/mol. The minimum Gasteiger partial charge on any atom is -0.312 e. The summed E-state index contributed by atoms with van der Waals surface area (Å²) in [5.74, 6) is 0. The molecule has 0 saturated heterocycles. The number of hydrogen-bond donors (Lipinski definition) is 1. The number of aryl methyl sites for hydroxylation is 1. The van der Waals surface area contributed by atoms with E-state index in [0.717, 1.165) is 25.2 Å². The van der Waals surface area contributed by atoms with Gasteiger partial charge in [-0.15, -0.1) is 0 Å².